The van der Waals surface area contributed by atoms with Gasteiger partial charge in [-0.15, -0.1) is 11.3 Å². The Hall–Kier alpha value is -2.74. The zero-order chi connectivity index (χ0) is 20.1. The van der Waals surface area contributed by atoms with E-state index in [0.29, 0.717) is 48.7 Å². The van der Waals surface area contributed by atoms with Crippen molar-refractivity contribution in [2.75, 3.05) is 34.4 Å². The number of nitrogens with zero attached hydrogens (tertiary/aromatic N) is 1. The minimum Gasteiger partial charge on any atom is -0.493 e. The molecule has 0 unspecified atom stereocenters. The highest BCUT2D eigenvalue weighted by Gasteiger charge is 2.26. The Morgan fingerprint density at radius 2 is 1.71 bits per heavy atom. The Balaban J connectivity index is 1.62. The first-order chi connectivity index (χ1) is 13.6. The number of carbonyl (C=O) groups excluding carboxylic acids is 2. The second-order valence-corrected chi connectivity index (χ2v) is 7.38. The summed E-state index contributed by atoms with van der Waals surface area (Å²) in [7, 11) is 4.55. The minimum atomic E-state index is -0.206. The van der Waals surface area contributed by atoms with Crippen molar-refractivity contribution in [1.82, 2.24) is 10.2 Å². The fraction of sp³-hybridized carbons (Fsp3) is 0.400. The Kier molecular flexibility index (Phi) is 6.41. The van der Waals surface area contributed by atoms with E-state index in [4.69, 9.17) is 14.2 Å². The van der Waals surface area contributed by atoms with E-state index in [1.807, 2.05) is 22.4 Å². The van der Waals surface area contributed by atoms with Gasteiger partial charge >= 0.3 is 0 Å². The molecular formula is C20H24N2O5S. The van der Waals surface area contributed by atoms with Crippen molar-refractivity contribution in [2.45, 2.75) is 18.9 Å². The molecule has 7 nitrogen and oxygen atoms in total. The van der Waals surface area contributed by atoms with E-state index >= 15 is 0 Å². The molecule has 1 N–H and O–H groups in total. The molecule has 1 aliphatic heterocycles. The predicted molar refractivity (Wildman–Crippen MR) is 107 cm³/mol. The van der Waals surface area contributed by atoms with Crippen molar-refractivity contribution in [1.29, 1.82) is 0 Å². The highest BCUT2D eigenvalue weighted by Crippen LogP contribution is 2.38. The lowest BCUT2D eigenvalue weighted by Crippen LogP contribution is -2.46. The van der Waals surface area contributed by atoms with Gasteiger partial charge in [0, 0.05) is 24.7 Å². The summed E-state index contributed by atoms with van der Waals surface area (Å²) in [5.74, 6) is 1.17. The summed E-state index contributed by atoms with van der Waals surface area (Å²) in [4.78, 5) is 27.7. The summed E-state index contributed by atoms with van der Waals surface area (Å²) in [5.41, 5.74) is 0.437. The summed E-state index contributed by atoms with van der Waals surface area (Å²) in [6.45, 7) is 1.24. The number of hydrogen-bond donors (Lipinski definition) is 1. The number of ether oxygens (including phenoxy) is 3. The second kappa shape index (κ2) is 8.97. The van der Waals surface area contributed by atoms with Crippen LogP contribution < -0.4 is 19.5 Å². The molecule has 1 saturated heterocycles. The molecule has 0 spiro atoms. The third kappa shape index (κ3) is 4.22. The maximum Gasteiger partial charge on any atom is 0.263 e. The van der Waals surface area contributed by atoms with E-state index in [-0.39, 0.29) is 17.9 Å². The monoisotopic (exact) mass is 404 g/mol. The first kappa shape index (κ1) is 20.0. The number of benzene rings is 1. The molecule has 8 heteroatoms. The minimum absolute atomic E-state index is 0.0129. The number of carbonyl (C=O) groups is 2. The van der Waals surface area contributed by atoms with Crippen LogP contribution in [0, 0.1) is 0 Å². The molecule has 2 amide bonds. The van der Waals surface area contributed by atoms with Crippen LogP contribution in [0.15, 0.2) is 29.6 Å². The molecule has 0 radical (unpaired) electrons. The van der Waals surface area contributed by atoms with E-state index in [9.17, 15) is 9.59 Å². The van der Waals surface area contributed by atoms with E-state index in [2.05, 4.69) is 5.32 Å². The number of rotatable bonds is 6. The number of nitrogens with one attached hydrogen (secondary N) is 1. The van der Waals surface area contributed by atoms with Gasteiger partial charge in [0.05, 0.1) is 26.2 Å². The van der Waals surface area contributed by atoms with Crippen LogP contribution in [0.4, 0.5) is 0 Å². The van der Waals surface area contributed by atoms with Crippen molar-refractivity contribution in [3.63, 3.8) is 0 Å². The van der Waals surface area contributed by atoms with Crippen molar-refractivity contribution in [3.8, 4) is 17.2 Å². The topological polar surface area (TPSA) is 77.1 Å². The Morgan fingerprint density at radius 3 is 2.21 bits per heavy atom. The summed E-state index contributed by atoms with van der Waals surface area (Å²) in [5, 5.41) is 4.94. The maximum absolute atomic E-state index is 12.7. The van der Waals surface area contributed by atoms with Gasteiger partial charge in [-0.25, -0.2) is 0 Å². The average Bonchev–Trinajstić information content (AvgIpc) is 3.27. The lowest BCUT2D eigenvalue weighted by molar-refractivity contribution is 0.0702. The Labute approximate surface area is 168 Å². The molecular weight excluding hydrogens is 380 g/mol. The van der Waals surface area contributed by atoms with Crippen LogP contribution >= 0.6 is 11.3 Å². The van der Waals surface area contributed by atoms with Crippen LogP contribution in [0.3, 0.4) is 0 Å². The van der Waals surface area contributed by atoms with Crippen molar-refractivity contribution in [2.24, 2.45) is 0 Å². The zero-order valence-electron chi connectivity index (χ0n) is 16.2. The third-order valence-electron chi connectivity index (χ3n) is 4.78. The molecule has 28 heavy (non-hydrogen) atoms. The van der Waals surface area contributed by atoms with Crippen LogP contribution in [-0.4, -0.2) is 57.2 Å². The number of piperidine rings is 1. The quantitative estimate of drug-likeness (QED) is 0.801. The highest BCUT2D eigenvalue weighted by atomic mass is 32.1. The molecule has 1 aromatic carbocycles. The molecule has 0 atom stereocenters. The highest BCUT2D eigenvalue weighted by molar-refractivity contribution is 7.12. The van der Waals surface area contributed by atoms with Crippen molar-refractivity contribution >= 4 is 23.2 Å². The van der Waals surface area contributed by atoms with Gasteiger partial charge in [0.1, 0.15) is 0 Å². The van der Waals surface area contributed by atoms with Gasteiger partial charge < -0.3 is 24.4 Å². The van der Waals surface area contributed by atoms with Crippen LogP contribution in [-0.2, 0) is 0 Å². The van der Waals surface area contributed by atoms with Crippen LogP contribution in [0.2, 0.25) is 0 Å². The first-order valence-corrected chi connectivity index (χ1v) is 9.89. The fourth-order valence-corrected chi connectivity index (χ4v) is 3.95. The van der Waals surface area contributed by atoms with Gasteiger partial charge in [-0.05, 0) is 36.4 Å². The third-order valence-corrected chi connectivity index (χ3v) is 5.63. The smallest absolute Gasteiger partial charge is 0.263 e. The summed E-state index contributed by atoms with van der Waals surface area (Å²) in [6.07, 6.45) is 1.43. The van der Waals surface area contributed by atoms with Gasteiger partial charge in [0.25, 0.3) is 11.8 Å². The van der Waals surface area contributed by atoms with Gasteiger partial charge in [0.15, 0.2) is 11.5 Å². The number of methoxy groups -OCH3 is 3. The number of amides is 2. The molecule has 150 valence electrons. The zero-order valence-corrected chi connectivity index (χ0v) is 17.0. The molecule has 0 saturated carbocycles. The molecule has 1 aliphatic rings. The van der Waals surface area contributed by atoms with E-state index < -0.39 is 0 Å². The summed E-state index contributed by atoms with van der Waals surface area (Å²) >= 11 is 1.45. The Morgan fingerprint density at radius 1 is 1.07 bits per heavy atom. The van der Waals surface area contributed by atoms with E-state index in [1.165, 1.54) is 32.7 Å². The fourth-order valence-electron chi connectivity index (χ4n) is 3.26. The van der Waals surface area contributed by atoms with Crippen molar-refractivity contribution in [3.05, 3.63) is 40.1 Å². The first-order valence-electron chi connectivity index (χ1n) is 9.01. The van der Waals surface area contributed by atoms with Gasteiger partial charge in [-0.1, -0.05) is 6.07 Å². The molecule has 2 heterocycles. The molecule has 1 fully saturated rings. The lowest BCUT2D eigenvalue weighted by Gasteiger charge is -2.32. The number of thiophene rings is 1. The maximum atomic E-state index is 12.7. The number of hydrogen-bond acceptors (Lipinski definition) is 6. The number of likely N-dealkylation sites (tertiary alicyclic amines) is 1. The molecule has 2 aromatic rings. The van der Waals surface area contributed by atoms with Crippen LogP contribution in [0.1, 0.15) is 32.9 Å². The SMILES string of the molecule is COc1cc(C(=O)NC2CCN(C(=O)c3cccs3)CC2)cc(OC)c1OC. The lowest BCUT2D eigenvalue weighted by atomic mass is 10.0. The van der Waals surface area contributed by atoms with Crippen LogP contribution in [0.25, 0.3) is 0 Å². The summed E-state index contributed by atoms with van der Waals surface area (Å²) in [6, 6.07) is 6.99. The van der Waals surface area contributed by atoms with E-state index in [0.717, 1.165) is 4.88 Å². The molecule has 0 bridgehead atoms. The Bertz CT molecular complexity index is 804. The largest absolute Gasteiger partial charge is 0.493 e. The second-order valence-electron chi connectivity index (χ2n) is 6.43. The summed E-state index contributed by atoms with van der Waals surface area (Å²) < 4.78 is 15.9. The van der Waals surface area contributed by atoms with Gasteiger partial charge in [-0.3, -0.25) is 9.59 Å². The standard InChI is InChI=1S/C20H24N2O5S/c1-25-15-11-13(12-16(26-2)18(15)27-3)19(23)21-14-6-8-22(9-7-14)20(24)17-5-4-10-28-17/h4-5,10-12,14H,6-9H2,1-3H3,(H,21,23). The average molecular weight is 404 g/mol. The predicted octanol–water partition coefficient (Wildman–Crippen LogP) is 2.81. The normalized spacial score (nSPS) is 14.5. The van der Waals surface area contributed by atoms with Crippen molar-refractivity contribution < 1.29 is 23.8 Å². The van der Waals surface area contributed by atoms with Crippen LogP contribution in [0.5, 0.6) is 17.2 Å². The van der Waals surface area contributed by atoms with Gasteiger partial charge in [-0.2, -0.15) is 0 Å². The van der Waals surface area contributed by atoms with E-state index in [1.54, 1.807) is 12.1 Å². The van der Waals surface area contributed by atoms with Gasteiger partial charge in [0.2, 0.25) is 5.75 Å². The molecule has 3 rings (SSSR count). The molecule has 1 aromatic heterocycles. The molecule has 0 aliphatic carbocycles.